The van der Waals surface area contributed by atoms with Gasteiger partial charge in [0.05, 0.1) is 12.6 Å². The van der Waals surface area contributed by atoms with Gasteiger partial charge in [-0.2, -0.15) is 0 Å². The molecule has 0 radical (unpaired) electrons. The minimum Gasteiger partial charge on any atom is -0.475 e. The van der Waals surface area contributed by atoms with E-state index in [1.54, 1.807) is 0 Å². The van der Waals surface area contributed by atoms with E-state index in [0.29, 0.717) is 5.88 Å². The van der Waals surface area contributed by atoms with E-state index in [-0.39, 0.29) is 18.4 Å². The number of nitrogens with one attached hydrogen (secondary N) is 1. The van der Waals surface area contributed by atoms with Crippen LogP contribution in [0, 0.1) is 0 Å². The molecule has 1 heterocycles. The molecule has 1 atom stereocenters. The second-order valence-electron chi connectivity index (χ2n) is 2.90. The van der Waals surface area contributed by atoms with Gasteiger partial charge in [-0.05, 0) is 12.5 Å². The van der Waals surface area contributed by atoms with Crippen LogP contribution in [0.1, 0.15) is 23.9 Å². The molecule has 5 heteroatoms. The fourth-order valence-corrected chi connectivity index (χ4v) is 1.01. The van der Waals surface area contributed by atoms with Gasteiger partial charge >= 0.3 is 5.97 Å². The number of rotatable bonds is 5. The number of furan rings is 1. The number of anilines is 1. The van der Waals surface area contributed by atoms with Crippen molar-refractivity contribution < 1.29 is 19.4 Å². The highest BCUT2D eigenvalue weighted by molar-refractivity contribution is 5.84. The van der Waals surface area contributed by atoms with Gasteiger partial charge in [-0.1, -0.05) is 6.92 Å². The first kappa shape index (κ1) is 10.6. The van der Waals surface area contributed by atoms with Crippen molar-refractivity contribution in [2.75, 3.05) is 11.9 Å². The number of hydrogen-bond donors (Lipinski definition) is 3. The minimum atomic E-state index is -1.10. The molecule has 78 valence electrons. The molecule has 14 heavy (non-hydrogen) atoms. The predicted octanol–water partition coefficient (Wildman–Crippen LogP) is 1.16. The Labute approximate surface area is 81.4 Å². The number of aliphatic hydroxyl groups excluding tert-OH is 1. The Balaban J connectivity index is 2.63. The van der Waals surface area contributed by atoms with Crippen LogP contribution in [-0.2, 0) is 0 Å². The van der Waals surface area contributed by atoms with Crippen molar-refractivity contribution in [3.8, 4) is 0 Å². The molecule has 1 aromatic heterocycles. The van der Waals surface area contributed by atoms with Crippen molar-refractivity contribution in [2.24, 2.45) is 0 Å². The predicted molar refractivity (Wildman–Crippen MR) is 50.5 cm³/mol. The van der Waals surface area contributed by atoms with Crippen LogP contribution in [0.4, 0.5) is 5.88 Å². The zero-order valence-corrected chi connectivity index (χ0v) is 7.86. The first-order valence-electron chi connectivity index (χ1n) is 4.38. The number of carboxylic acids is 1. The van der Waals surface area contributed by atoms with Gasteiger partial charge in [0, 0.05) is 6.07 Å². The maximum absolute atomic E-state index is 10.5. The Hall–Kier alpha value is -1.49. The van der Waals surface area contributed by atoms with Crippen LogP contribution in [-0.4, -0.2) is 28.8 Å². The third kappa shape index (κ3) is 2.50. The molecule has 0 fully saturated rings. The quantitative estimate of drug-likeness (QED) is 0.662. The molecular formula is C9H13NO4. The first-order chi connectivity index (χ1) is 6.67. The zero-order valence-electron chi connectivity index (χ0n) is 7.86. The second-order valence-corrected chi connectivity index (χ2v) is 2.90. The van der Waals surface area contributed by atoms with E-state index in [0.717, 1.165) is 6.42 Å². The van der Waals surface area contributed by atoms with E-state index >= 15 is 0 Å². The van der Waals surface area contributed by atoms with Gasteiger partial charge in [-0.15, -0.1) is 0 Å². The molecule has 0 saturated carbocycles. The molecule has 0 aliphatic heterocycles. The highest BCUT2D eigenvalue weighted by Gasteiger charge is 2.11. The summed E-state index contributed by atoms with van der Waals surface area (Å²) in [5.74, 6) is -0.848. The Morgan fingerprint density at radius 3 is 2.79 bits per heavy atom. The average molecular weight is 199 g/mol. The van der Waals surface area contributed by atoms with Crippen molar-refractivity contribution >= 4 is 11.9 Å². The lowest BCUT2D eigenvalue weighted by atomic mass is 10.2. The summed E-state index contributed by atoms with van der Waals surface area (Å²) in [4.78, 5) is 10.5. The summed E-state index contributed by atoms with van der Waals surface area (Å²) in [6.07, 6.45) is 0.736. The highest BCUT2D eigenvalue weighted by Crippen LogP contribution is 2.14. The summed E-state index contributed by atoms with van der Waals surface area (Å²) in [6, 6.07) is 2.79. The SMILES string of the molecule is CCC(CO)Nc1ccc(C(=O)O)o1. The molecule has 0 aliphatic rings. The van der Waals surface area contributed by atoms with Crippen LogP contribution in [0.25, 0.3) is 0 Å². The summed E-state index contributed by atoms with van der Waals surface area (Å²) < 4.78 is 4.96. The van der Waals surface area contributed by atoms with Gasteiger partial charge in [-0.25, -0.2) is 4.79 Å². The lowest BCUT2D eigenvalue weighted by Gasteiger charge is -2.12. The van der Waals surface area contributed by atoms with Crippen LogP contribution in [0.5, 0.6) is 0 Å². The van der Waals surface area contributed by atoms with Crippen LogP contribution >= 0.6 is 0 Å². The molecule has 0 aromatic carbocycles. The molecule has 5 nitrogen and oxygen atoms in total. The largest absolute Gasteiger partial charge is 0.475 e. The zero-order chi connectivity index (χ0) is 10.6. The van der Waals surface area contributed by atoms with E-state index in [2.05, 4.69) is 5.32 Å². The van der Waals surface area contributed by atoms with Gasteiger partial charge in [0.25, 0.3) is 0 Å². The molecule has 0 bridgehead atoms. The summed E-state index contributed by atoms with van der Waals surface area (Å²) >= 11 is 0. The smallest absolute Gasteiger partial charge is 0.371 e. The maximum Gasteiger partial charge on any atom is 0.371 e. The number of hydrogen-bond acceptors (Lipinski definition) is 4. The fourth-order valence-electron chi connectivity index (χ4n) is 1.01. The van der Waals surface area contributed by atoms with E-state index in [1.807, 2.05) is 6.92 Å². The third-order valence-corrected chi connectivity index (χ3v) is 1.88. The van der Waals surface area contributed by atoms with Crippen molar-refractivity contribution in [3.63, 3.8) is 0 Å². The molecular weight excluding hydrogens is 186 g/mol. The monoisotopic (exact) mass is 199 g/mol. The maximum atomic E-state index is 10.5. The number of aliphatic hydroxyl groups is 1. The minimum absolute atomic E-state index is 0.0143. The van der Waals surface area contributed by atoms with Crippen LogP contribution < -0.4 is 5.32 Å². The summed E-state index contributed by atoms with van der Waals surface area (Å²) in [7, 11) is 0. The molecule has 1 aromatic rings. The number of aromatic carboxylic acids is 1. The van der Waals surface area contributed by atoms with Gasteiger partial charge in [-0.3, -0.25) is 0 Å². The topological polar surface area (TPSA) is 82.7 Å². The standard InChI is InChI=1S/C9H13NO4/c1-2-6(5-11)10-8-4-3-7(14-8)9(12)13/h3-4,6,10-11H,2,5H2,1H3,(H,12,13). The van der Waals surface area contributed by atoms with Gasteiger partial charge in [0.1, 0.15) is 0 Å². The molecule has 1 rings (SSSR count). The molecule has 0 amide bonds. The summed E-state index contributed by atoms with van der Waals surface area (Å²) in [6.45, 7) is 1.90. The number of carbonyl (C=O) groups is 1. The van der Waals surface area contributed by atoms with E-state index < -0.39 is 5.97 Å². The van der Waals surface area contributed by atoms with Crippen LogP contribution in [0.15, 0.2) is 16.5 Å². The van der Waals surface area contributed by atoms with E-state index in [9.17, 15) is 4.79 Å². The number of carboxylic acid groups (broad SMARTS) is 1. The van der Waals surface area contributed by atoms with Crippen LogP contribution in [0.3, 0.4) is 0 Å². The molecule has 0 aliphatic carbocycles. The summed E-state index contributed by atoms with van der Waals surface area (Å²) in [5, 5.41) is 20.3. The Morgan fingerprint density at radius 1 is 1.64 bits per heavy atom. The molecule has 3 N–H and O–H groups in total. The van der Waals surface area contributed by atoms with Crippen molar-refractivity contribution in [2.45, 2.75) is 19.4 Å². The van der Waals surface area contributed by atoms with Gasteiger partial charge < -0.3 is 19.9 Å². The highest BCUT2D eigenvalue weighted by atomic mass is 16.4. The van der Waals surface area contributed by atoms with Crippen molar-refractivity contribution in [3.05, 3.63) is 17.9 Å². The average Bonchev–Trinajstić information content (AvgIpc) is 2.62. The van der Waals surface area contributed by atoms with Crippen molar-refractivity contribution in [1.29, 1.82) is 0 Å². The normalized spacial score (nSPS) is 12.4. The molecule has 0 spiro atoms. The molecule has 0 saturated heterocycles. The lowest BCUT2D eigenvalue weighted by molar-refractivity contribution is 0.0663. The second kappa shape index (κ2) is 4.66. The summed E-state index contributed by atoms with van der Waals surface area (Å²) in [5.41, 5.74) is 0. The van der Waals surface area contributed by atoms with Gasteiger partial charge in [0.15, 0.2) is 5.88 Å². The Morgan fingerprint density at radius 2 is 2.36 bits per heavy atom. The van der Waals surface area contributed by atoms with E-state index in [4.69, 9.17) is 14.6 Å². The fraction of sp³-hybridized carbons (Fsp3) is 0.444. The van der Waals surface area contributed by atoms with Crippen LogP contribution in [0.2, 0.25) is 0 Å². The first-order valence-corrected chi connectivity index (χ1v) is 4.38. The van der Waals surface area contributed by atoms with Gasteiger partial charge in [0.2, 0.25) is 5.76 Å². The third-order valence-electron chi connectivity index (χ3n) is 1.88. The Kier molecular flexibility index (Phi) is 3.53. The van der Waals surface area contributed by atoms with Crippen molar-refractivity contribution in [1.82, 2.24) is 0 Å². The van der Waals surface area contributed by atoms with E-state index in [1.165, 1.54) is 12.1 Å². The molecule has 1 unspecified atom stereocenters. The Bertz CT molecular complexity index is 304. The lowest BCUT2D eigenvalue weighted by Crippen LogP contribution is -2.22.